The van der Waals surface area contributed by atoms with Gasteiger partial charge in [-0.2, -0.15) is 0 Å². The standard InChI is InChI=1S/C6H9F3O4/c1-4(5(10)11)12-2-3-13-6(7,8)9/h4H,2-3H2,1H3,(H,10,11)/t4-/m0/s1. The first-order valence-corrected chi connectivity index (χ1v) is 3.38. The second-order valence-corrected chi connectivity index (χ2v) is 2.15. The lowest BCUT2D eigenvalue weighted by atomic mass is 10.4. The summed E-state index contributed by atoms with van der Waals surface area (Å²) in [6.45, 7) is 0.101. The SMILES string of the molecule is C[C@H](OCCOC(F)(F)F)C(=O)O. The highest BCUT2D eigenvalue weighted by molar-refractivity contribution is 5.71. The van der Waals surface area contributed by atoms with Gasteiger partial charge < -0.3 is 9.84 Å². The first-order chi connectivity index (χ1) is 5.83. The van der Waals surface area contributed by atoms with Crippen molar-refractivity contribution in [2.24, 2.45) is 0 Å². The summed E-state index contributed by atoms with van der Waals surface area (Å²) < 4.78 is 41.8. The first kappa shape index (κ1) is 12.2. The van der Waals surface area contributed by atoms with Crippen molar-refractivity contribution in [2.45, 2.75) is 19.4 Å². The Morgan fingerprint density at radius 3 is 2.38 bits per heavy atom. The van der Waals surface area contributed by atoms with Crippen molar-refractivity contribution < 1.29 is 32.5 Å². The number of halogens is 3. The molecule has 0 aromatic heterocycles. The fourth-order valence-corrected chi connectivity index (χ4v) is 0.454. The molecule has 0 spiro atoms. The first-order valence-electron chi connectivity index (χ1n) is 3.38. The van der Waals surface area contributed by atoms with Crippen molar-refractivity contribution >= 4 is 5.97 Å². The summed E-state index contributed by atoms with van der Waals surface area (Å²) >= 11 is 0. The van der Waals surface area contributed by atoms with E-state index in [0.29, 0.717) is 0 Å². The van der Waals surface area contributed by atoms with Crippen molar-refractivity contribution in [2.75, 3.05) is 13.2 Å². The van der Waals surface area contributed by atoms with Crippen LogP contribution in [-0.2, 0) is 14.3 Å². The molecule has 0 bridgehead atoms. The van der Waals surface area contributed by atoms with E-state index in [1.807, 2.05) is 0 Å². The van der Waals surface area contributed by atoms with E-state index in [-0.39, 0.29) is 0 Å². The Hall–Kier alpha value is -0.820. The van der Waals surface area contributed by atoms with Gasteiger partial charge in [0.25, 0.3) is 0 Å². The number of alkyl halides is 3. The molecule has 0 saturated heterocycles. The number of ether oxygens (including phenoxy) is 2. The van der Waals surface area contributed by atoms with E-state index in [2.05, 4.69) is 9.47 Å². The second-order valence-electron chi connectivity index (χ2n) is 2.15. The number of rotatable bonds is 5. The number of carbonyl (C=O) groups is 1. The van der Waals surface area contributed by atoms with E-state index in [0.717, 1.165) is 0 Å². The summed E-state index contributed by atoms with van der Waals surface area (Å²) in [6.07, 6.45) is -5.83. The predicted octanol–water partition coefficient (Wildman–Crippen LogP) is 1.01. The van der Waals surface area contributed by atoms with Gasteiger partial charge in [0.2, 0.25) is 0 Å². The molecule has 0 aromatic carbocycles. The Kier molecular flexibility index (Phi) is 4.71. The summed E-state index contributed by atoms with van der Waals surface area (Å²) in [6, 6.07) is 0. The van der Waals surface area contributed by atoms with E-state index < -0.39 is 31.6 Å². The molecule has 1 N–H and O–H groups in total. The second kappa shape index (κ2) is 5.03. The van der Waals surface area contributed by atoms with Crippen LogP contribution in [0.5, 0.6) is 0 Å². The van der Waals surface area contributed by atoms with Crippen molar-refractivity contribution in [1.82, 2.24) is 0 Å². The van der Waals surface area contributed by atoms with Crippen LogP contribution in [0, 0.1) is 0 Å². The lowest BCUT2D eigenvalue weighted by molar-refractivity contribution is -0.327. The van der Waals surface area contributed by atoms with E-state index in [1.165, 1.54) is 6.92 Å². The molecule has 7 heteroatoms. The predicted molar refractivity (Wildman–Crippen MR) is 35.1 cm³/mol. The van der Waals surface area contributed by atoms with Crippen LogP contribution in [0.4, 0.5) is 13.2 Å². The molecule has 1 atom stereocenters. The maximum Gasteiger partial charge on any atom is 0.522 e. The number of hydrogen-bond acceptors (Lipinski definition) is 3. The van der Waals surface area contributed by atoms with Gasteiger partial charge in [-0.1, -0.05) is 0 Å². The van der Waals surface area contributed by atoms with E-state index >= 15 is 0 Å². The topological polar surface area (TPSA) is 55.8 Å². The van der Waals surface area contributed by atoms with Crippen LogP contribution in [0.15, 0.2) is 0 Å². The molecular formula is C6H9F3O4. The maximum atomic E-state index is 11.3. The largest absolute Gasteiger partial charge is 0.522 e. The average molecular weight is 202 g/mol. The quantitative estimate of drug-likeness (QED) is 0.676. The fraction of sp³-hybridized carbons (Fsp3) is 0.833. The molecule has 0 aromatic rings. The Morgan fingerprint density at radius 1 is 1.46 bits per heavy atom. The Labute approximate surface area is 72.2 Å². The molecule has 0 aliphatic heterocycles. The molecule has 0 unspecified atom stereocenters. The van der Waals surface area contributed by atoms with Crippen LogP contribution in [0.1, 0.15) is 6.92 Å². The molecule has 0 heterocycles. The third kappa shape index (κ3) is 7.54. The summed E-state index contributed by atoms with van der Waals surface area (Å²) in [4.78, 5) is 10.1. The Morgan fingerprint density at radius 2 is 2.00 bits per heavy atom. The molecule has 78 valence electrons. The Balaban J connectivity index is 3.41. The van der Waals surface area contributed by atoms with Crippen molar-refractivity contribution in [3.8, 4) is 0 Å². The summed E-state index contributed by atoms with van der Waals surface area (Å²) in [5.74, 6) is -1.23. The van der Waals surface area contributed by atoms with E-state index in [4.69, 9.17) is 5.11 Å². The van der Waals surface area contributed by atoms with Gasteiger partial charge in [0.1, 0.15) is 0 Å². The van der Waals surface area contributed by atoms with Crippen LogP contribution < -0.4 is 0 Å². The highest BCUT2D eigenvalue weighted by atomic mass is 19.4. The average Bonchev–Trinajstić information content (AvgIpc) is 1.95. The molecule has 13 heavy (non-hydrogen) atoms. The monoisotopic (exact) mass is 202 g/mol. The number of aliphatic carboxylic acids is 1. The van der Waals surface area contributed by atoms with Crippen molar-refractivity contribution in [3.63, 3.8) is 0 Å². The fourth-order valence-electron chi connectivity index (χ4n) is 0.454. The third-order valence-electron chi connectivity index (χ3n) is 1.06. The minimum Gasteiger partial charge on any atom is -0.479 e. The minimum absolute atomic E-state index is 0.410. The Bertz CT molecular complexity index is 168. The van der Waals surface area contributed by atoms with Gasteiger partial charge in [-0.05, 0) is 6.92 Å². The van der Waals surface area contributed by atoms with Gasteiger partial charge in [0.15, 0.2) is 6.10 Å². The number of carboxylic acids is 1. The molecule has 0 saturated carbocycles. The zero-order chi connectivity index (χ0) is 10.5. The molecule has 4 nitrogen and oxygen atoms in total. The molecule has 0 rings (SSSR count). The van der Waals surface area contributed by atoms with E-state index in [1.54, 1.807) is 0 Å². The van der Waals surface area contributed by atoms with Crippen LogP contribution >= 0.6 is 0 Å². The van der Waals surface area contributed by atoms with Gasteiger partial charge >= 0.3 is 12.3 Å². The molecule has 0 fully saturated rings. The van der Waals surface area contributed by atoms with E-state index in [9.17, 15) is 18.0 Å². The zero-order valence-electron chi connectivity index (χ0n) is 6.80. The number of hydrogen-bond donors (Lipinski definition) is 1. The molecular weight excluding hydrogens is 193 g/mol. The van der Waals surface area contributed by atoms with Crippen molar-refractivity contribution in [1.29, 1.82) is 0 Å². The van der Waals surface area contributed by atoms with Gasteiger partial charge in [0.05, 0.1) is 13.2 Å². The molecule has 0 aliphatic carbocycles. The zero-order valence-corrected chi connectivity index (χ0v) is 6.80. The van der Waals surface area contributed by atoms with Gasteiger partial charge in [-0.3, -0.25) is 4.74 Å². The highest BCUT2D eigenvalue weighted by Crippen LogP contribution is 2.15. The number of carboxylic acid groups (broad SMARTS) is 1. The maximum absolute atomic E-state index is 11.3. The lowest BCUT2D eigenvalue weighted by Gasteiger charge is -2.09. The molecule has 0 aliphatic rings. The third-order valence-corrected chi connectivity index (χ3v) is 1.06. The van der Waals surface area contributed by atoms with Crippen molar-refractivity contribution in [3.05, 3.63) is 0 Å². The van der Waals surface area contributed by atoms with Gasteiger partial charge in [-0.15, -0.1) is 13.2 Å². The molecule has 0 amide bonds. The summed E-state index contributed by atoms with van der Waals surface area (Å²) in [7, 11) is 0. The van der Waals surface area contributed by atoms with Gasteiger partial charge in [-0.25, -0.2) is 4.79 Å². The highest BCUT2D eigenvalue weighted by Gasteiger charge is 2.28. The normalized spacial score (nSPS) is 14.2. The van der Waals surface area contributed by atoms with Crippen LogP contribution in [0.25, 0.3) is 0 Å². The van der Waals surface area contributed by atoms with Gasteiger partial charge in [0, 0.05) is 0 Å². The minimum atomic E-state index is -4.70. The van der Waals surface area contributed by atoms with Crippen LogP contribution in [0.3, 0.4) is 0 Å². The summed E-state index contributed by atoms with van der Waals surface area (Å²) in [5.41, 5.74) is 0. The smallest absolute Gasteiger partial charge is 0.479 e. The van der Waals surface area contributed by atoms with Crippen LogP contribution in [0.2, 0.25) is 0 Å². The molecule has 0 radical (unpaired) electrons. The summed E-state index contributed by atoms with van der Waals surface area (Å²) in [5, 5.41) is 8.25. The van der Waals surface area contributed by atoms with Crippen LogP contribution in [-0.4, -0.2) is 36.8 Å². The lowest BCUT2D eigenvalue weighted by Crippen LogP contribution is -2.24.